The summed E-state index contributed by atoms with van der Waals surface area (Å²) in [5.74, 6) is -1.46. The van der Waals surface area contributed by atoms with Crippen LogP contribution in [0.3, 0.4) is 0 Å². The molecule has 1 saturated heterocycles. The standard InChI is InChI=1S/C19H22N2O5S2/c1-12(18(25)26)20-16(23)9-3-2-6-10-21-17(24)15(28-19(21)27)11-13-7-4-5-8-14(13)22/h4-5,7-8,11-12,22H,2-3,6,9-10H2,1H3,(H,20,23)(H,25,26)/b15-11-. The number of nitrogens with one attached hydrogen (secondary N) is 1. The maximum Gasteiger partial charge on any atom is 0.325 e. The minimum absolute atomic E-state index is 0.100. The number of benzene rings is 1. The van der Waals surface area contributed by atoms with Gasteiger partial charge in [-0.05, 0) is 31.9 Å². The first-order valence-corrected chi connectivity index (χ1v) is 10.1. The Bertz CT molecular complexity index is 809. The van der Waals surface area contributed by atoms with Crippen molar-refractivity contribution in [1.29, 1.82) is 0 Å². The summed E-state index contributed by atoms with van der Waals surface area (Å²) in [6.45, 7) is 1.87. The first kappa shape index (κ1) is 21.9. The number of hydrogen-bond acceptors (Lipinski definition) is 6. The maximum atomic E-state index is 12.5. The second kappa shape index (κ2) is 10.2. The molecule has 0 aliphatic carbocycles. The van der Waals surface area contributed by atoms with Gasteiger partial charge in [0.25, 0.3) is 5.91 Å². The molecule has 1 aromatic rings. The van der Waals surface area contributed by atoms with E-state index in [9.17, 15) is 19.5 Å². The Labute approximate surface area is 172 Å². The zero-order chi connectivity index (χ0) is 20.7. The SMILES string of the molecule is CC(NC(=O)CCCCCN1C(=O)/C(=C/c2ccccc2O)SC1=S)C(=O)O. The molecular weight excluding hydrogens is 400 g/mol. The Kier molecular flexibility index (Phi) is 8.01. The average Bonchev–Trinajstić information content (AvgIpc) is 2.90. The summed E-state index contributed by atoms with van der Waals surface area (Å²) in [6, 6.07) is 5.86. The van der Waals surface area contributed by atoms with Crippen LogP contribution >= 0.6 is 24.0 Å². The van der Waals surface area contributed by atoms with Crippen LogP contribution in [0, 0.1) is 0 Å². The fourth-order valence-electron chi connectivity index (χ4n) is 2.55. The van der Waals surface area contributed by atoms with E-state index < -0.39 is 12.0 Å². The van der Waals surface area contributed by atoms with Crippen molar-refractivity contribution in [2.75, 3.05) is 6.54 Å². The lowest BCUT2D eigenvalue weighted by molar-refractivity contribution is -0.141. The number of aliphatic carboxylic acids is 1. The van der Waals surface area contributed by atoms with Gasteiger partial charge in [0.15, 0.2) is 0 Å². The fourth-order valence-corrected chi connectivity index (χ4v) is 3.85. The van der Waals surface area contributed by atoms with Crippen molar-refractivity contribution < 1.29 is 24.6 Å². The van der Waals surface area contributed by atoms with E-state index in [0.29, 0.717) is 40.6 Å². The Morgan fingerprint density at radius 2 is 2.00 bits per heavy atom. The summed E-state index contributed by atoms with van der Waals surface area (Å²) in [6.07, 6.45) is 3.86. The number of carboxylic acids is 1. The lowest BCUT2D eigenvalue weighted by Crippen LogP contribution is -2.38. The van der Waals surface area contributed by atoms with Crippen LogP contribution in [0.1, 0.15) is 38.2 Å². The molecule has 3 N–H and O–H groups in total. The quantitative estimate of drug-likeness (QED) is 0.319. The lowest BCUT2D eigenvalue weighted by Gasteiger charge is -2.14. The van der Waals surface area contributed by atoms with Gasteiger partial charge in [0, 0.05) is 18.5 Å². The second-order valence-corrected chi connectivity index (χ2v) is 8.01. The minimum atomic E-state index is -1.07. The van der Waals surface area contributed by atoms with Crippen molar-refractivity contribution in [3.63, 3.8) is 0 Å². The molecule has 1 atom stereocenters. The third-order valence-electron chi connectivity index (χ3n) is 4.13. The minimum Gasteiger partial charge on any atom is -0.507 e. The number of carbonyl (C=O) groups excluding carboxylic acids is 2. The van der Waals surface area contributed by atoms with Gasteiger partial charge in [-0.1, -0.05) is 48.6 Å². The van der Waals surface area contributed by atoms with E-state index in [2.05, 4.69) is 5.32 Å². The summed E-state index contributed by atoms with van der Waals surface area (Å²) >= 11 is 6.48. The number of nitrogens with zero attached hydrogens (tertiary/aromatic N) is 1. The van der Waals surface area contributed by atoms with Crippen LogP contribution in [0.2, 0.25) is 0 Å². The zero-order valence-corrected chi connectivity index (χ0v) is 17.0. The van der Waals surface area contributed by atoms with Gasteiger partial charge in [-0.2, -0.15) is 0 Å². The molecule has 1 heterocycles. The molecule has 7 nitrogen and oxygen atoms in total. The monoisotopic (exact) mass is 422 g/mol. The average molecular weight is 423 g/mol. The van der Waals surface area contributed by atoms with E-state index in [1.165, 1.54) is 23.6 Å². The molecular formula is C19H22N2O5S2. The molecule has 1 aromatic carbocycles. The van der Waals surface area contributed by atoms with Crippen LogP contribution in [0.25, 0.3) is 6.08 Å². The molecule has 0 bridgehead atoms. The van der Waals surface area contributed by atoms with Crippen molar-refractivity contribution in [1.82, 2.24) is 10.2 Å². The molecule has 9 heteroatoms. The zero-order valence-electron chi connectivity index (χ0n) is 15.4. The number of para-hydroxylation sites is 1. The predicted octanol–water partition coefficient (Wildman–Crippen LogP) is 2.74. The number of carbonyl (C=O) groups is 3. The largest absolute Gasteiger partial charge is 0.507 e. The van der Waals surface area contributed by atoms with E-state index in [1.807, 2.05) is 0 Å². The number of hydrogen-bond donors (Lipinski definition) is 3. The number of carboxylic acid groups (broad SMARTS) is 1. The maximum absolute atomic E-state index is 12.5. The normalized spacial score (nSPS) is 16.5. The van der Waals surface area contributed by atoms with Gasteiger partial charge < -0.3 is 15.5 Å². The number of thiocarbonyl (C=S) groups is 1. The molecule has 0 radical (unpaired) electrons. The summed E-state index contributed by atoms with van der Waals surface area (Å²) in [5.41, 5.74) is 0.560. The van der Waals surface area contributed by atoms with Crippen molar-refractivity contribution in [3.05, 3.63) is 34.7 Å². The number of amides is 2. The number of rotatable bonds is 9. The number of aromatic hydroxyl groups is 1. The molecule has 1 fully saturated rings. The molecule has 150 valence electrons. The summed E-state index contributed by atoms with van der Waals surface area (Å²) in [5, 5.41) is 21.0. The van der Waals surface area contributed by atoms with E-state index in [1.54, 1.807) is 30.3 Å². The molecule has 0 aromatic heterocycles. The molecule has 2 rings (SSSR count). The van der Waals surface area contributed by atoms with Crippen LogP contribution in [-0.4, -0.2) is 49.8 Å². The van der Waals surface area contributed by atoms with Gasteiger partial charge in [0.05, 0.1) is 4.91 Å². The Hall–Kier alpha value is -2.39. The van der Waals surface area contributed by atoms with E-state index >= 15 is 0 Å². The van der Waals surface area contributed by atoms with Crippen molar-refractivity contribution in [3.8, 4) is 5.75 Å². The van der Waals surface area contributed by atoms with E-state index in [4.69, 9.17) is 17.3 Å². The second-order valence-electron chi connectivity index (χ2n) is 6.33. The molecule has 0 spiro atoms. The Morgan fingerprint density at radius 1 is 1.29 bits per heavy atom. The third-order valence-corrected chi connectivity index (χ3v) is 5.51. The highest BCUT2D eigenvalue weighted by Crippen LogP contribution is 2.34. The van der Waals surface area contributed by atoms with Gasteiger partial charge in [-0.25, -0.2) is 0 Å². The highest BCUT2D eigenvalue weighted by molar-refractivity contribution is 8.26. The van der Waals surface area contributed by atoms with Crippen LogP contribution in [0.4, 0.5) is 0 Å². The Morgan fingerprint density at radius 3 is 2.68 bits per heavy atom. The molecule has 1 aliphatic heterocycles. The van der Waals surface area contributed by atoms with Crippen molar-refractivity contribution in [2.45, 2.75) is 38.6 Å². The van der Waals surface area contributed by atoms with Crippen LogP contribution in [0.5, 0.6) is 5.75 Å². The first-order valence-electron chi connectivity index (χ1n) is 8.85. The first-order chi connectivity index (χ1) is 13.3. The highest BCUT2D eigenvalue weighted by atomic mass is 32.2. The number of thioether (sulfide) groups is 1. The van der Waals surface area contributed by atoms with Crippen molar-refractivity contribution >= 4 is 52.2 Å². The lowest BCUT2D eigenvalue weighted by atomic mass is 10.1. The van der Waals surface area contributed by atoms with Gasteiger partial charge in [0.2, 0.25) is 5.91 Å². The molecule has 28 heavy (non-hydrogen) atoms. The van der Waals surface area contributed by atoms with Gasteiger partial charge in [-0.15, -0.1) is 0 Å². The molecule has 2 amide bonds. The Balaban J connectivity index is 1.78. The fraction of sp³-hybridized carbons (Fsp3) is 0.368. The highest BCUT2D eigenvalue weighted by Gasteiger charge is 2.31. The number of phenols is 1. The molecule has 0 saturated carbocycles. The topological polar surface area (TPSA) is 107 Å². The summed E-state index contributed by atoms with van der Waals surface area (Å²) in [4.78, 5) is 36.9. The van der Waals surface area contributed by atoms with E-state index in [-0.39, 0.29) is 24.0 Å². The van der Waals surface area contributed by atoms with Gasteiger partial charge in [0.1, 0.15) is 16.1 Å². The van der Waals surface area contributed by atoms with Gasteiger partial charge in [-0.3, -0.25) is 19.3 Å². The van der Waals surface area contributed by atoms with E-state index in [0.717, 1.165) is 0 Å². The summed E-state index contributed by atoms with van der Waals surface area (Å²) < 4.78 is 0.472. The summed E-state index contributed by atoms with van der Waals surface area (Å²) in [7, 11) is 0. The van der Waals surface area contributed by atoms with Crippen molar-refractivity contribution in [2.24, 2.45) is 0 Å². The van der Waals surface area contributed by atoms with Crippen LogP contribution in [0.15, 0.2) is 29.2 Å². The van der Waals surface area contributed by atoms with Crippen LogP contribution in [-0.2, 0) is 14.4 Å². The number of phenolic OH excluding ortho intramolecular Hbond substituents is 1. The van der Waals surface area contributed by atoms with Crippen LogP contribution < -0.4 is 5.32 Å². The number of unbranched alkanes of at least 4 members (excludes halogenated alkanes) is 2. The smallest absolute Gasteiger partial charge is 0.325 e. The molecule has 1 aliphatic rings. The molecule has 1 unspecified atom stereocenters. The predicted molar refractivity (Wildman–Crippen MR) is 112 cm³/mol. The van der Waals surface area contributed by atoms with Gasteiger partial charge >= 0.3 is 5.97 Å². The third kappa shape index (κ3) is 6.07.